The van der Waals surface area contributed by atoms with E-state index in [4.69, 9.17) is 5.73 Å². The lowest BCUT2D eigenvalue weighted by atomic mass is 9.94. The summed E-state index contributed by atoms with van der Waals surface area (Å²) >= 11 is 1.37. The van der Waals surface area contributed by atoms with Crippen LogP contribution < -0.4 is 11.1 Å². The van der Waals surface area contributed by atoms with Crippen LogP contribution in [0.25, 0.3) is 0 Å². The molecule has 110 valence electrons. The molecule has 1 fully saturated rings. The Hall–Kier alpha value is -1.63. The molecule has 2 heterocycles. The van der Waals surface area contributed by atoms with Gasteiger partial charge in [0.2, 0.25) is 0 Å². The van der Waals surface area contributed by atoms with Gasteiger partial charge in [0.05, 0.1) is 11.2 Å². The van der Waals surface area contributed by atoms with E-state index in [1.807, 2.05) is 11.8 Å². The van der Waals surface area contributed by atoms with Gasteiger partial charge in [-0.15, -0.1) is 11.3 Å². The molecule has 1 aliphatic heterocycles. The standard InChI is InChI=1S/C13H20N4O2S/c1-2-15-13(19)17-5-3-9(4-6-17)7-11-16-8-10(20-11)12(14)18/h8-9H,2-7H2,1H3,(H2,14,18)(H,15,19). The zero-order valence-corrected chi connectivity index (χ0v) is 12.4. The van der Waals surface area contributed by atoms with Crippen molar-refractivity contribution in [3.63, 3.8) is 0 Å². The summed E-state index contributed by atoms with van der Waals surface area (Å²) in [5.74, 6) is 0.104. The number of thiazole rings is 1. The van der Waals surface area contributed by atoms with E-state index in [0.29, 0.717) is 17.3 Å². The molecule has 1 aliphatic rings. The van der Waals surface area contributed by atoms with Gasteiger partial charge < -0.3 is 16.0 Å². The number of aromatic nitrogens is 1. The summed E-state index contributed by atoms with van der Waals surface area (Å²) < 4.78 is 0. The average Bonchev–Trinajstić information content (AvgIpc) is 2.88. The molecule has 0 unspecified atom stereocenters. The fourth-order valence-electron chi connectivity index (χ4n) is 2.37. The van der Waals surface area contributed by atoms with E-state index in [0.717, 1.165) is 37.4 Å². The second kappa shape index (κ2) is 6.69. The van der Waals surface area contributed by atoms with Gasteiger partial charge >= 0.3 is 6.03 Å². The average molecular weight is 296 g/mol. The number of amides is 3. The van der Waals surface area contributed by atoms with Gasteiger partial charge in [0, 0.05) is 26.1 Å². The Kier molecular flexibility index (Phi) is 4.94. The fourth-order valence-corrected chi connectivity index (χ4v) is 3.25. The van der Waals surface area contributed by atoms with E-state index in [9.17, 15) is 9.59 Å². The molecular weight excluding hydrogens is 276 g/mol. The Morgan fingerprint density at radius 3 is 2.75 bits per heavy atom. The Morgan fingerprint density at radius 2 is 2.20 bits per heavy atom. The number of nitrogens with two attached hydrogens (primary N) is 1. The molecule has 0 aromatic carbocycles. The number of hydrogen-bond acceptors (Lipinski definition) is 4. The number of likely N-dealkylation sites (tertiary alicyclic amines) is 1. The van der Waals surface area contributed by atoms with Crippen molar-refractivity contribution >= 4 is 23.3 Å². The summed E-state index contributed by atoms with van der Waals surface area (Å²) in [6.07, 6.45) is 4.36. The number of carbonyl (C=O) groups is 2. The van der Waals surface area contributed by atoms with Crippen molar-refractivity contribution in [1.29, 1.82) is 0 Å². The zero-order valence-electron chi connectivity index (χ0n) is 11.6. The molecule has 1 aromatic heterocycles. The van der Waals surface area contributed by atoms with E-state index < -0.39 is 5.91 Å². The molecule has 0 bridgehead atoms. The first kappa shape index (κ1) is 14.8. The van der Waals surface area contributed by atoms with Crippen LogP contribution in [0.3, 0.4) is 0 Å². The lowest BCUT2D eigenvalue weighted by Crippen LogP contribution is -2.44. The van der Waals surface area contributed by atoms with Gasteiger partial charge in [-0.3, -0.25) is 4.79 Å². The third-order valence-corrected chi connectivity index (χ3v) is 4.52. The topological polar surface area (TPSA) is 88.3 Å². The maximum Gasteiger partial charge on any atom is 0.317 e. The van der Waals surface area contributed by atoms with Crippen LogP contribution in [-0.4, -0.2) is 41.5 Å². The third-order valence-electron chi connectivity index (χ3n) is 3.49. The summed E-state index contributed by atoms with van der Waals surface area (Å²) in [5.41, 5.74) is 5.22. The van der Waals surface area contributed by atoms with Gasteiger partial charge in [0.25, 0.3) is 5.91 Å². The highest BCUT2D eigenvalue weighted by Gasteiger charge is 2.23. The molecular formula is C13H20N4O2S. The van der Waals surface area contributed by atoms with Crippen LogP contribution in [-0.2, 0) is 6.42 Å². The minimum atomic E-state index is -0.417. The molecule has 1 saturated heterocycles. The normalized spacial score (nSPS) is 16.1. The van der Waals surface area contributed by atoms with Crippen molar-refractivity contribution in [1.82, 2.24) is 15.2 Å². The second-order valence-corrected chi connectivity index (χ2v) is 6.07. The Bertz CT molecular complexity index is 480. The van der Waals surface area contributed by atoms with Crippen LogP contribution in [0.4, 0.5) is 4.79 Å². The van der Waals surface area contributed by atoms with Crippen molar-refractivity contribution in [2.75, 3.05) is 19.6 Å². The predicted molar refractivity (Wildman–Crippen MR) is 77.7 cm³/mol. The molecule has 3 amide bonds. The summed E-state index contributed by atoms with van der Waals surface area (Å²) in [6, 6.07) is 0.0243. The number of hydrogen-bond donors (Lipinski definition) is 2. The lowest BCUT2D eigenvalue weighted by molar-refractivity contribution is 0.100. The van der Waals surface area contributed by atoms with E-state index in [1.165, 1.54) is 11.3 Å². The molecule has 0 atom stereocenters. The number of nitrogens with zero attached hydrogens (tertiary/aromatic N) is 2. The first-order chi connectivity index (χ1) is 9.60. The highest BCUT2D eigenvalue weighted by atomic mass is 32.1. The number of rotatable bonds is 4. The van der Waals surface area contributed by atoms with Crippen LogP contribution in [0.1, 0.15) is 34.4 Å². The molecule has 6 nitrogen and oxygen atoms in total. The summed E-state index contributed by atoms with van der Waals surface area (Å²) in [4.78, 5) is 29.3. The molecule has 0 aliphatic carbocycles. The Morgan fingerprint density at radius 1 is 1.50 bits per heavy atom. The van der Waals surface area contributed by atoms with Crippen molar-refractivity contribution in [3.8, 4) is 0 Å². The van der Waals surface area contributed by atoms with Crippen LogP contribution >= 0.6 is 11.3 Å². The van der Waals surface area contributed by atoms with Crippen LogP contribution in [0.15, 0.2) is 6.20 Å². The monoisotopic (exact) mass is 296 g/mol. The largest absolute Gasteiger partial charge is 0.365 e. The zero-order chi connectivity index (χ0) is 14.5. The molecule has 2 rings (SSSR count). The molecule has 7 heteroatoms. The Balaban J connectivity index is 1.82. The molecule has 3 N–H and O–H groups in total. The fraction of sp³-hybridized carbons (Fsp3) is 0.615. The van der Waals surface area contributed by atoms with Crippen molar-refractivity contribution < 1.29 is 9.59 Å². The highest BCUT2D eigenvalue weighted by Crippen LogP contribution is 2.24. The number of primary amides is 1. The van der Waals surface area contributed by atoms with Gasteiger partial charge in [-0.2, -0.15) is 0 Å². The smallest absolute Gasteiger partial charge is 0.317 e. The maximum atomic E-state index is 11.7. The SMILES string of the molecule is CCNC(=O)N1CCC(Cc2ncc(C(N)=O)s2)CC1. The molecule has 0 radical (unpaired) electrons. The van der Waals surface area contributed by atoms with Gasteiger partial charge in [0.15, 0.2) is 0 Å². The minimum absolute atomic E-state index is 0.0243. The molecule has 0 saturated carbocycles. The van der Waals surface area contributed by atoms with E-state index in [-0.39, 0.29) is 6.03 Å². The predicted octanol–water partition coefficient (Wildman–Crippen LogP) is 1.23. The van der Waals surface area contributed by atoms with Gasteiger partial charge in [-0.25, -0.2) is 9.78 Å². The van der Waals surface area contributed by atoms with Gasteiger partial charge in [-0.1, -0.05) is 0 Å². The number of piperidine rings is 1. The summed E-state index contributed by atoms with van der Waals surface area (Å²) in [5, 5.41) is 3.77. The molecule has 1 aromatic rings. The van der Waals surface area contributed by atoms with Crippen LogP contribution in [0, 0.1) is 5.92 Å². The van der Waals surface area contributed by atoms with Crippen molar-refractivity contribution in [3.05, 3.63) is 16.1 Å². The van der Waals surface area contributed by atoms with Crippen LogP contribution in [0.5, 0.6) is 0 Å². The molecule has 0 spiro atoms. The van der Waals surface area contributed by atoms with Gasteiger partial charge in [-0.05, 0) is 25.7 Å². The summed E-state index contributed by atoms with van der Waals surface area (Å²) in [7, 11) is 0. The number of urea groups is 1. The first-order valence-electron chi connectivity index (χ1n) is 6.87. The molecule has 20 heavy (non-hydrogen) atoms. The third kappa shape index (κ3) is 3.69. The summed E-state index contributed by atoms with van der Waals surface area (Å²) in [6.45, 7) is 4.15. The minimum Gasteiger partial charge on any atom is -0.365 e. The Labute approximate surface area is 122 Å². The van der Waals surface area contributed by atoms with Crippen molar-refractivity contribution in [2.45, 2.75) is 26.2 Å². The second-order valence-electron chi connectivity index (χ2n) is 4.95. The van der Waals surface area contributed by atoms with Crippen molar-refractivity contribution in [2.24, 2.45) is 11.7 Å². The van der Waals surface area contributed by atoms with Gasteiger partial charge in [0.1, 0.15) is 4.88 Å². The van der Waals surface area contributed by atoms with E-state index in [2.05, 4.69) is 10.3 Å². The number of carbonyl (C=O) groups excluding carboxylic acids is 2. The first-order valence-corrected chi connectivity index (χ1v) is 7.69. The quantitative estimate of drug-likeness (QED) is 0.875. The highest BCUT2D eigenvalue weighted by molar-refractivity contribution is 7.13. The van der Waals surface area contributed by atoms with E-state index in [1.54, 1.807) is 6.20 Å². The number of nitrogens with one attached hydrogen (secondary N) is 1. The van der Waals surface area contributed by atoms with Crippen LogP contribution in [0.2, 0.25) is 0 Å². The lowest BCUT2D eigenvalue weighted by Gasteiger charge is -2.31. The maximum absolute atomic E-state index is 11.7. The van der Waals surface area contributed by atoms with E-state index >= 15 is 0 Å².